The summed E-state index contributed by atoms with van der Waals surface area (Å²) < 4.78 is 0.637. The molecule has 0 saturated carbocycles. The van der Waals surface area contributed by atoms with E-state index in [0.717, 1.165) is 5.56 Å². The summed E-state index contributed by atoms with van der Waals surface area (Å²) in [5.41, 5.74) is 3.56. The number of ketones is 2. The summed E-state index contributed by atoms with van der Waals surface area (Å²) in [5.74, 6) is -0.252. The molecule has 1 aliphatic carbocycles. The van der Waals surface area contributed by atoms with Crippen molar-refractivity contribution in [1.29, 1.82) is 0 Å². The van der Waals surface area contributed by atoms with Crippen molar-refractivity contribution in [2.75, 3.05) is 5.32 Å². The second kappa shape index (κ2) is 6.54. The van der Waals surface area contributed by atoms with Gasteiger partial charge in [0.25, 0.3) is 0 Å². The number of nitrogens with one attached hydrogen (secondary N) is 1. The molecule has 0 aromatic heterocycles. The van der Waals surface area contributed by atoms with Gasteiger partial charge in [-0.15, -0.1) is 0 Å². The average Bonchev–Trinajstić information content (AvgIpc) is 2.68. The Bertz CT molecular complexity index is 1030. The Balaban J connectivity index is 1.82. The number of halogens is 1. The van der Waals surface area contributed by atoms with E-state index in [1.807, 2.05) is 49.4 Å². The minimum absolute atomic E-state index is 0.00143. The molecule has 3 aromatic rings. The molecule has 26 heavy (non-hydrogen) atoms. The first-order valence-corrected chi connectivity index (χ1v) is 9.19. The minimum Gasteiger partial charge on any atom is -0.378 e. The standard InChI is InChI=1S/C22H16BrNO2/c1-13(14-7-3-2-4-8-14)24-18-12-11-17(23)19-20(18)22(26)16-10-6-5-9-15(16)21(19)25/h2-13,24H,1H3. The van der Waals surface area contributed by atoms with Gasteiger partial charge in [0.1, 0.15) is 0 Å². The van der Waals surface area contributed by atoms with Gasteiger partial charge in [-0.3, -0.25) is 9.59 Å². The molecule has 0 fully saturated rings. The highest BCUT2D eigenvalue weighted by Crippen LogP contribution is 2.37. The van der Waals surface area contributed by atoms with Crippen LogP contribution >= 0.6 is 15.9 Å². The van der Waals surface area contributed by atoms with Crippen molar-refractivity contribution in [3.8, 4) is 0 Å². The van der Waals surface area contributed by atoms with Crippen molar-refractivity contribution in [1.82, 2.24) is 0 Å². The lowest BCUT2D eigenvalue weighted by Crippen LogP contribution is -2.23. The molecule has 1 N–H and O–H groups in total. The second-order valence-electron chi connectivity index (χ2n) is 6.33. The summed E-state index contributed by atoms with van der Waals surface area (Å²) in [6.45, 7) is 2.03. The molecule has 4 heteroatoms. The molecule has 0 heterocycles. The predicted molar refractivity (Wildman–Crippen MR) is 106 cm³/mol. The van der Waals surface area contributed by atoms with Crippen molar-refractivity contribution >= 4 is 33.2 Å². The largest absolute Gasteiger partial charge is 0.378 e. The van der Waals surface area contributed by atoms with Gasteiger partial charge < -0.3 is 5.32 Å². The summed E-state index contributed by atoms with van der Waals surface area (Å²) in [4.78, 5) is 26.1. The summed E-state index contributed by atoms with van der Waals surface area (Å²) in [7, 11) is 0. The van der Waals surface area contributed by atoms with E-state index in [4.69, 9.17) is 0 Å². The van der Waals surface area contributed by atoms with Crippen LogP contribution in [0.2, 0.25) is 0 Å². The Morgan fingerprint density at radius 2 is 1.35 bits per heavy atom. The van der Waals surface area contributed by atoms with Gasteiger partial charge in [0.15, 0.2) is 11.6 Å². The van der Waals surface area contributed by atoms with Gasteiger partial charge in [-0.2, -0.15) is 0 Å². The summed E-state index contributed by atoms with van der Waals surface area (Å²) in [6.07, 6.45) is 0. The van der Waals surface area contributed by atoms with E-state index in [1.54, 1.807) is 24.3 Å². The Hall–Kier alpha value is -2.72. The van der Waals surface area contributed by atoms with Crippen molar-refractivity contribution in [2.24, 2.45) is 0 Å². The molecular formula is C22H16BrNO2. The lowest BCUT2D eigenvalue weighted by atomic mass is 9.83. The molecule has 0 aliphatic heterocycles. The molecule has 0 spiro atoms. The molecular weight excluding hydrogens is 390 g/mol. The Labute approximate surface area is 160 Å². The van der Waals surface area contributed by atoms with Crippen LogP contribution in [0.3, 0.4) is 0 Å². The minimum atomic E-state index is -0.127. The maximum Gasteiger partial charge on any atom is 0.196 e. The first-order chi connectivity index (χ1) is 12.6. The molecule has 1 aliphatic rings. The second-order valence-corrected chi connectivity index (χ2v) is 7.18. The molecule has 3 nitrogen and oxygen atoms in total. The van der Waals surface area contributed by atoms with Gasteiger partial charge in [0.05, 0.1) is 5.56 Å². The topological polar surface area (TPSA) is 46.2 Å². The van der Waals surface area contributed by atoms with E-state index in [-0.39, 0.29) is 17.6 Å². The molecule has 4 rings (SSSR count). The third-order valence-corrected chi connectivity index (χ3v) is 5.36. The number of fused-ring (bicyclic) bond motifs is 2. The van der Waals surface area contributed by atoms with Gasteiger partial charge in [-0.1, -0.05) is 70.5 Å². The number of hydrogen-bond donors (Lipinski definition) is 1. The third kappa shape index (κ3) is 2.67. The first-order valence-electron chi connectivity index (χ1n) is 8.40. The zero-order valence-corrected chi connectivity index (χ0v) is 15.7. The van der Waals surface area contributed by atoms with Crippen LogP contribution in [-0.2, 0) is 0 Å². The molecule has 1 atom stereocenters. The highest BCUT2D eigenvalue weighted by atomic mass is 79.9. The summed E-state index contributed by atoms with van der Waals surface area (Å²) in [6, 6.07) is 20.6. The van der Waals surface area contributed by atoms with Crippen molar-refractivity contribution in [3.63, 3.8) is 0 Å². The predicted octanol–water partition coefficient (Wildman–Crippen LogP) is 5.40. The van der Waals surface area contributed by atoms with E-state index < -0.39 is 0 Å². The van der Waals surface area contributed by atoms with E-state index in [0.29, 0.717) is 32.4 Å². The smallest absolute Gasteiger partial charge is 0.196 e. The SMILES string of the molecule is CC(Nc1ccc(Br)c2c1C(=O)c1ccccc1C2=O)c1ccccc1. The quantitative estimate of drug-likeness (QED) is 0.496. The zero-order chi connectivity index (χ0) is 18.3. The van der Waals surface area contributed by atoms with E-state index in [2.05, 4.69) is 21.2 Å². The molecule has 128 valence electrons. The number of anilines is 1. The maximum atomic E-state index is 13.1. The highest BCUT2D eigenvalue weighted by molar-refractivity contribution is 9.10. The van der Waals surface area contributed by atoms with E-state index >= 15 is 0 Å². The van der Waals surface area contributed by atoms with E-state index in [1.165, 1.54) is 0 Å². The van der Waals surface area contributed by atoms with Crippen LogP contribution in [0.5, 0.6) is 0 Å². The molecule has 3 aromatic carbocycles. The molecule has 0 bridgehead atoms. The zero-order valence-electron chi connectivity index (χ0n) is 14.1. The number of hydrogen-bond acceptors (Lipinski definition) is 3. The van der Waals surface area contributed by atoms with Gasteiger partial charge in [-0.05, 0) is 24.6 Å². The maximum absolute atomic E-state index is 13.1. The summed E-state index contributed by atoms with van der Waals surface area (Å²) in [5, 5.41) is 3.40. The van der Waals surface area contributed by atoms with Crippen molar-refractivity contribution in [3.05, 3.63) is 99.0 Å². The van der Waals surface area contributed by atoms with Crippen LogP contribution in [0, 0.1) is 0 Å². The monoisotopic (exact) mass is 405 g/mol. The summed E-state index contributed by atoms with van der Waals surface area (Å²) >= 11 is 3.45. The van der Waals surface area contributed by atoms with Crippen LogP contribution < -0.4 is 5.32 Å². The first kappa shape index (κ1) is 16.7. The number of rotatable bonds is 3. The van der Waals surface area contributed by atoms with Crippen LogP contribution in [0.4, 0.5) is 5.69 Å². The molecule has 0 amide bonds. The molecule has 0 saturated heterocycles. The van der Waals surface area contributed by atoms with Crippen LogP contribution in [0.1, 0.15) is 50.4 Å². The van der Waals surface area contributed by atoms with Crippen LogP contribution in [0.25, 0.3) is 0 Å². The van der Waals surface area contributed by atoms with Gasteiger partial charge in [0.2, 0.25) is 0 Å². The van der Waals surface area contributed by atoms with E-state index in [9.17, 15) is 9.59 Å². The fraction of sp³-hybridized carbons (Fsp3) is 0.0909. The van der Waals surface area contributed by atoms with Crippen molar-refractivity contribution in [2.45, 2.75) is 13.0 Å². The number of carbonyl (C=O) groups is 2. The fourth-order valence-corrected chi connectivity index (χ4v) is 3.87. The van der Waals surface area contributed by atoms with Crippen LogP contribution in [0.15, 0.2) is 71.2 Å². The lowest BCUT2D eigenvalue weighted by molar-refractivity contribution is 0.0979. The highest BCUT2D eigenvalue weighted by Gasteiger charge is 2.33. The molecule has 1 unspecified atom stereocenters. The fourth-order valence-electron chi connectivity index (χ4n) is 3.36. The van der Waals surface area contributed by atoms with Gasteiger partial charge in [0, 0.05) is 32.9 Å². The van der Waals surface area contributed by atoms with Gasteiger partial charge >= 0.3 is 0 Å². The Morgan fingerprint density at radius 3 is 2.00 bits per heavy atom. The Kier molecular flexibility index (Phi) is 4.21. The Morgan fingerprint density at radius 1 is 0.769 bits per heavy atom. The van der Waals surface area contributed by atoms with Crippen LogP contribution in [-0.4, -0.2) is 11.6 Å². The van der Waals surface area contributed by atoms with Crippen molar-refractivity contribution < 1.29 is 9.59 Å². The lowest BCUT2D eigenvalue weighted by Gasteiger charge is -2.24. The average molecular weight is 406 g/mol. The molecule has 0 radical (unpaired) electrons. The normalized spacial score (nSPS) is 13.8. The third-order valence-electron chi connectivity index (χ3n) is 4.70. The van der Waals surface area contributed by atoms with Gasteiger partial charge in [-0.25, -0.2) is 0 Å². The number of carbonyl (C=O) groups excluding carboxylic acids is 2. The number of benzene rings is 3.